The third-order valence-electron chi connectivity index (χ3n) is 2.79. The van der Waals surface area contributed by atoms with Crippen molar-refractivity contribution in [2.24, 2.45) is 0 Å². The van der Waals surface area contributed by atoms with E-state index in [0.29, 0.717) is 11.4 Å². The smallest absolute Gasteiger partial charge is 0.299 e. The Morgan fingerprint density at radius 3 is 2.43 bits per heavy atom. The van der Waals surface area contributed by atoms with Crippen LogP contribution >= 0.6 is 0 Å². The van der Waals surface area contributed by atoms with Crippen molar-refractivity contribution in [3.05, 3.63) is 59.9 Å². The van der Waals surface area contributed by atoms with E-state index in [1.54, 1.807) is 50.2 Å². The number of ether oxygens (including phenoxy) is 1. The second kappa shape index (κ2) is 7.43. The van der Waals surface area contributed by atoms with E-state index in [4.69, 9.17) is 4.74 Å². The minimum absolute atomic E-state index is 0.193. The topological polar surface area (TPSA) is 67.4 Å². The molecule has 0 aliphatic carbocycles. The van der Waals surface area contributed by atoms with E-state index in [1.165, 1.54) is 12.1 Å². The maximum atomic E-state index is 13.1. The summed E-state index contributed by atoms with van der Waals surface area (Å²) in [6.07, 6.45) is 0. The highest BCUT2D eigenvalue weighted by molar-refractivity contribution is 7.90. The summed E-state index contributed by atoms with van der Waals surface area (Å²) < 4.78 is 46.9. The summed E-state index contributed by atoms with van der Waals surface area (Å²) in [6.45, 7) is 3.71. The molecule has 0 radical (unpaired) electrons. The molecule has 0 heterocycles. The Morgan fingerprint density at radius 1 is 1.13 bits per heavy atom. The van der Waals surface area contributed by atoms with Gasteiger partial charge in [-0.2, -0.15) is 13.1 Å². The predicted molar refractivity (Wildman–Crippen MR) is 88.0 cm³/mol. The monoisotopic (exact) mass is 338 g/mol. The minimum Gasteiger partial charge on any atom is -0.489 e. The van der Waals surface area contributed by atoms with Crippen molar-refractivity contribution in [2.45, 2.75) is 26.5 Å². The molecule has 0 aromatic heterocycles. The van der Waals surface area contributed by atoms with Crippen LogP contribution in [0.15, 0.2) is 48.5 Å². The minimum atomic E-state index is -3.59. The summed E-state index contributed by atoms with van der Waals surface area (Å²) in [6, 6.07) is 12.5. The van der Waals surface area contributed by atoms with Crippen molar-refractivity contribution in [2.75, 3.05) is 4.72 Å². The SMILES string of the molecule is CC(C)NS(=O)(=O)Nc1ccc(OCc2cccc(F)c2)cc1. The summed E-state index contributed by atoms with van der Waals surface area (Å²) in [5, 5.41) is 0. The van der Waals surface area contributed by atoms with Gasteiger partial charge in [0, 0.05) is 6.04 Å². The number of benzene rings is 2. The highest BCUT2D eigenvalue weighted by Gasteiger charge is 2.11. The van der Waals surface area contributed by atoms with E-state index in [-0.39, 0.29) is 18.5 Å². The quantitative estimate of drug-likeness (QED) is 0.815. The molecule has 5 nitrogen and oxygen atoms in total. The van der Waals surface area contributed by atoms with Crippen LogP contribution in [0, 0.1) is 5.82 Å². The lowest BCUT2D eigenvalue weighted by Crippen LogP contribution is -2.35. The fraction of sp³-hybridized carbons (Fsp3) is 0.250. The molecular formula is C16H19FN2O3S. The third kappa shape index (κ3) is 5.88. The molecule has 2 aromatic carbocycles. The van der Waals surface area contributed by atoms with Gasteiger partial charge in [-0.25, -0.2) is 4.39 Å². The summed E-state index contributed by atoms with van der Waals surface area (Å²) in [5.41, 5.74) is 1.15. The third-order valence-corrected chi connectivity index (χ3v) is 4.08. The largest absolute Gasteiger partial charge is 0.489 e. The molecule has 23 heavy (non-hydrogen) atoms. The molecule has 0 atom stereocenters. The summed E-state index contributed by atoms with van der Waals surface area (Å²) in [4.78, 5) is 0. The van der Waals surface area contributed by atoms with Gasteiger partial charge in [-0.1, -0.05) is 12.1 Å². The van der Waals surface area contributed by atoms with Gasteiger partial charge in [-0.3, -0.25) is 4.72 Å². The maximum Gasteiger partial charge on any atom is 0.299 e. The summed E-state index contributed by atoms with van der Waals surface area (Å²) in [5.74, 6) is 0.252. The first-order valence-corrected chi connectivity index (χ1v) is 8.60. The molecular weight excluding hydrogens is 319 g/mol. The number of anilines is 1. The number of hydrogen-bond acceptors (Lipinski definition) is 3. The van der Waals surface area contributed by atoms with Crippen LogP contribution in [0.25, 0.3) is 0 Å². The Kier molecular flexibility index (Phi) is 5.57. The van der Waals surface area contributed by atoms with Crippen LogP contribution in [-0.2, 0) is 16.8 Å². The molecule has 0 spiro atoms. The first kappa shape index (κ1) is 17.2. The molecule has 2 N–H and O–H groups in total. The zero-order valence-corrected chi connectivity index (χ0v) is 13.7. The van der Waals surface area contributed by atoms with Crippen molar-refractivity contribution in [3.8, 4) is 5.75 Å². The maximum absolute atomic E-state index is 13.1. The number of halogens is 1. The average molecular weight is 338 g/mol. The zero-order chi connectivity index (χ0) is 16.9. The van der Waals surface area contributed by atoms with Crippen LogP contribution in [0.4, 0.5) is 10.1 Å². The molecule has 2 aromatic rings. The Bertz CT molecular complexity index is 746. The molecule has 0 saturated heterocycles. The zero-order valence-electron chi connectivity index (χ0n) is 12.9. The summed E-state index contributed by atoms with van der Waals surface area (Å²) in [7, 11) is -3.59. The highest BCUT2D eigenvalue weighted by atomic mass is 32.2. The number of rotatable bonds is 7. The number of hydrogen-bond donors (Lipinski definition) is 2. The lowest BCUT2D eigenvalue weighted by atomic mass is 10.2. The molecule has 124 valence electrons. The van der Waals surface area contributed by atoms with Gasteiger partial charge in [0.15, 0.2) is 0 Å². The second-order valence-corrected chi connectivity index (χ2v) is 6.77. The summed E-state index contributed by atoms with van der Waals surface area (Å²) >= 11 is 0. The van der Waals surface area contributed by atoms with Crippen LogP contribution in [0.5, 0.6) is 5.75 Å². The van der Waals surface area contributed by atoms with Crippen molar-refractivity contribution < 1.29 is 17.5 Å². The Hall–Kier alpha value is -2.12. The number of nitrogens with one attached hydrogen (secondary N) is 2. The van der Waals surface area contributed by atoms with Gasteiger partial charge in [0.1, 0.15) is 18.2 Å². The predicted octanol–water partition coefficient (Wildman–Crippen LogP) is 3.06. The highest BCUT2D eigenvalue weighted by Crippen LogP contribution is 2.18. The van der Waals surface area contributed by atoms with E-state index in [0.717, 1.165) is 5.56 Å². The van der Waals surface area contributed by atoms with Crippen LogP contribution in [0.1, 0.15) is 19.4 Å². The average Bonchev–Trinajstić information content (AvgIpc) is 2.45. The molecule has 0 fully saturated rings. The van der Waals surface area contributed by atoms with Gasteiger partial charge in [0.05, 0.1) is 5.69 Å². The van der Waals surface area contributed by atoms with Gasteiger partial charge in [0.2, 0.25) is 0 Å². The second-order valence-electron chi connectivity index (χ2n) is 5.32. The van der Waals surface area contributed by atoms with Crippen molar-refractivity contribution in [1.82, 2.24) is 4.72 Å². The molecule has 7 heteroatoms. The molecule has 0 saturated carbocycles. The van der Waals surface area contributed by atoms with Gasteiger partial charge in [-0.05, 0) is 55.8 Å². The standard InChI is InChI=1S/C16H19FN2O3S/c1-12(2)18-23(20,21)19-15-6-8-16(9-7-15)22-11-13-4-3-5-14(17)10-13/h3-10,12,18-19H,11H2,1-2H3. The van der Waals surface area contributed by atoms with Crippen molar-refractivity contribution in [1.29, 1.82) is 0 Å². The normalized spacial score (nSPS) is 11.5. The van der Waals surface area contributed by atoms with Crippen molar-refractivity contribution >= 4 is 15.9 Å². The van der Waals surface area contributed by atoms with Gasteiger partial charge in [-0.15, -0.1) is 0 Å². The Balaban J connectivity index is 1.94. The molecule has 0 aliphatic rings. The van der Waals surface area contributed by atoms with E-state index in [9.17, 15) is 12.8 Å². The molecule has 0 bridgehead atoms. The molecule has 2 rings (SSSR count). The fourth-order valence-electron chi connectivity index (χ4n) is 1.91. The Labute approximate surface area is 135 Å². The molecule has 0 unspecified atom stereocenters. The van der Waals surface area contributed by atoms with E-state index < -0.39 is 10.2 Å². The Morgan fingerprint density at radius 2 is 1.83 bits per heavy atom. The van der Waals surface area contributed by atoms with Crippen molar-refractivity contribution in [3.63, 3.8) is 0 Å². The fourth-order valence-corrected chi connectivity index (χ4v) is 3.03. The van der Waals surface area contributed by atoms with E-state index in [1.807, 2.05) is 0 Å². The van der Waals surface area contributed by atoms with Crippen LogP contribution in [-0.4, -0.2) is 14.5 Å². The lowest BCUT2D eigenvalue weighted by molar-refractivity contribution is 0.305. The van der Waals surface area contributed by atoms with Gasteiger partial charge < -0.3 is 4.74 Å². The van der Waals surface area contributed by atoms with Crippen LogP contribution in [0.2, 0.25) is 0 Å². The van der Waals surface area contributed by atoms with Crippen LogP contribution < -0.4 is 14.2 Å². The lowest BCUT2D eigenvalue weighted by Gasteiger charge is -2.12. The van der Waals surface area contributed by atoms with E-state index in [2.05, 4.69) is 9.44 Å². The van der Waals surface area contributed by atoms with E-state index >= 15 is 0 Å². The van der Waals surface area contributed by atoms with Crippen LogP contribution in [0.3, 0.4) is 0 Å². The molecule has 0 aliphatic heterocycles. The van der Waals surface area contributed by atoms with Gasteiger partial charge >= 0.3 is 0 Å². The van der Waals surface area contributed by atoms with Gasteiger partial charge in [0.25, 0.3) is 10.2 Å². The first-order chi connectivity index (χ1) is 10.8. The molecule has 0 amide bonds. The first-order valence-electron chi connectivity index (χ1n) is 7.11.